The predicted molar refractivity (Wildman–Crippen MR) is 87.8 cm³/mol. The molecule has 0 atom stereocenters. The third kappa shape index (κ3) is 3.59. The molecule has 0 fully saturated rings. The highest BCUT2D eigenvalue weighted by Gasteiger charge is 2.15. The largest absolute Gasteiger partial charge is 0.484 e. The van der Waals surface area contributed by atoms with Gasteiger partial charge < -0.3 is 9.15 Å². The number of rotatable bonds is 4. The lowest BCUT2D eigenvalue weighted by Gasteiger charge is -2.09. The number of fused-ring (bicyclic) bond motifs is 1. The highest BCUT2D eigenvalue weighted by molar-refractivity contribution is 5.96. The van der Waals surface area contributed by atoms with E-state index in [0.717, 1.165) is 19.3 Å². The molecule has 0 aliphatic heterocycles. The second-order valence-corrected chi connectivity index (χ2v) is 5.90. The van der Waals surface area contributed by atoms with Crippen molar-refractivity contribution in [2.24, 2.45) is 0 Å². The molecule has 2 N–H and O–H groups in total. The smallest absolute Gasteiger partial charge is 0.276 e. The zero-order chi connectivity index (χ0) is 17.1. The van der Waals surface area contributed by atoms with Gasteiger partial charge in [-0.15, -0.1) is 0 Å². The van der Waals surface area contributed by atoms with Gasteiger partial charge in [0.05, 0.1) is 5.56 Å². The summed E-state index contributed by atoms with van der Waals surface area (Å²) in [7, 11) is 0. The first-order valence-electron chi connectivity index (χ1n) is 7.94. The van der Waals surface area contributed by atoms with E-state index in [1.165, 1.54) is 11.1 Å². The van der Waals surface area contributed by atoms with E-state index in [0.29, 0.717) is 22.8 Å². The van der Waals surface area contributed by atoms with Gasteiger partial charge in [0.2, 0.25) is 0 Å². The zero-order valence-electron chi connectivity index (χ0n) is 13.8. The number of benzene rings is 1. The Morgan fingerprint density at radius 1 is 1.12 bits per heavy atom. The van der Waals surface area contributed by atoms with Crippen LogP contribution in [0.3, 0.4) is 0 Å². The summed E-state index contributed by atoms with van der Waals surface area (Å²) in [5, 5.41) is 0. The summed E-state index contributed by atoms with van der Waals surface area (Å²) < 4.78 is 10.8. The molecular weight excluding hydrogens is 308 g/mol. The minimum absolute atomic E-state index is 0.164. The molecule has 1 aliphatic carbocycles. The Labute approximate surface area is 140 Å². The van der Waals surface area contributed by atoms with Gasteiger partial charge in [0, 0.05) is 0 Å². The monoisotopic (exact) mass is 328 g/mol. The van der Waals surface area contributed by atoms with Gasteiger partial charge >= 0.3 is 0 Å². The van der Waals surface area contributed by atoms with E-state index >= 15 is 0 Å². The summed E-state index contributed by atoms with van der Waals surface area (Å²) >= 11 is 0. The molecule has 1 aromatic heterocycles. The lowest BCUT2D eigenvalue weighted by Crippen LogP contribution is -2.43. The third-order valence-corrected chi connectivity index (χ3v) is 4.04. The summed E-state index contributed by atoms with van der Waals surface area (Å²) in [4.78, 5) is 23.8. The van der Waals surface area contributed by atoms with Gasteiger partial charge in [-0.25, -0.2) is 0 Å². The number of hydrogen-bond acceptors (Lipinski definition) is 4. The van der Waals surface area contributed by atoms with Crippen molar-refractivity contribution in [1.82, 2.24) is 10.9 Å². The molecule has 0 radical (unpaired) electrons. The molecule has 1 aliphatic rings. The number of carbonyl (C=O) groups excluding carboxylic acids is 2. The molecule has 2 aromatic rings. The molecule has 0 unspecified atom stereocenters. The fourth-order valence-corrected chi connectivity index (χ4v) is 2.87. The number of furan rings is 1. The Balaban J connectivity index is 1.47. The van der Waals surface area contributed by atoms with Crippen molar-refractivity contribution in [3.8, 4) is 5.75 Å². The zero-order valence-corrected chi connectivity index (χ0v) is 13.8. The van der Waals surface area contributed by atoms with Crippen molar-refractivity contribution >= 4 is 11.8 Å². The van der Waals surface area contributed by atoms with Crippen LogP contribution in [0, 0.1) is 13.8 Å². The van der Waals surface area contributed by atoms with E-state index in [1.807, 2.05) is 18.2 Å². The van der Waals surface area contributed by atoms with Crippen molar-refractivity contribution in [1.29, 1.82) is 0 Å². The third-order valence-electron chi connectivity index (χ3n) is 4.04. The van der Waals surface area contributed by atoms with Crippen LogP contribution in [-0.4, -0.2) is 18.4 Å². The van der Waals surface area contributed by atoms with Gasteiger partial charge in [-0.05, 0) is 62.4 Å². The highest BCUT2D eigenvalue weighted by Crippen LogP contribution is 2.25. The van der Waals surface area contributed by atoms with Crippen LogP contribution >= 0.6 is 0 Å². The molecule has 1 heterocycles. The summed E-state index contributed by atoms with van der Waals surface area (Å²) in [5.74, 6) is 0.966. The number of hydrazine groups is 1. The maximum atomic E-state index is 12.0. The summed E-state index contributed by atoms with van der Waals surface area (Å²) in [6.07, 6.45) is 3.32. The normalized spacial score (nSPS) is 12.6. The molecule has 0 saturated carbocycles. The van der Waals surface area contributed by atoms with Crippen LogP contribution in [0.25, 0.3) is 0 Å². The van der Waals surface area contributed by atoms with Crippen molar-refractivity contribution in [2.45, 2.75) is 33.1 Å². The standard InChI is InChI=1S/C18H20N2O4/c1-11-8-16(12(2)24-11)18(22)20-19-17(21)10-23-15-7-6-13-4-3-5-14(13)9-15/h6-9H,3-5,10H2,1-2H3,(H,19,21)(H,20,22). The maximum absolute atomic E-state index is 12.0. The Hall–Kier alpha value is -2.76. The molecule has 6 heteroatoms. The molecule has 0 spiro atoms. The van der Waals surface area contributed by atoms with Gasteiger partial charge in [0.15, 0.2) is 6.61 Å². The lowest BCUT2D eigenvalue weighted by molar-refractivity contribution is -0.123. The Bertz CT molecular complexity index is 779. The van der Waals surface area contributed by atoms with Crippen LogP contribution < -0.4 is 15.6 Å². The fraction of sp³-hybridized carbons (Fsp3) is 0.333. The minimum Gasteiger partial charge on any atom is -0.484 e. The Morgan fingerprint density at radius 2 is 1.92 bits per heavy atom. The van der Waals surface area contributed by atoms with E-state index in [9.17, 15) is 9.59 Å². The number of amides is 2. The quantitative estimate of drug-likeness (QED) is 0.844. The number of nitrogens with one attached hydrogen (secondary N) is 2. The van der Waals surface area contributed by atoms with E-state index in [-0.39, 0.29) is 6.61 Å². The van der Waals surface area contributed by atoms with E-state index < -0.39 is 11.8 Å². The predicted octanol–water partition coefficient (Wildman–Crippen LogP) is 2.23. The van der Waals surface area contributed by atoms with Gasteiger partial charge in [0.1, 0.15) is 17.3 Å². The van der Waals surface area contributed by atoms with Crippen LogP contribution in [-0.2, 0) is 17.6 Å². The second kappa shape index (κ2) is 6.78. The second-order valence-electron chi connectivity index (χ2n) is 5.90. The average molecular weight is 328 g/mol. The highest BCUT2D eigenvalue weighted by atomic mass is 16.5. The van der Waals surface area contributed by atoms with E-state index in [4.69, 9.17) is 9.15 Å². The molecule has 0 bridgehead atoms. The van der Waals surface area contributed by atoms with Crippen LogP contribution in [0.5, 0.6) is 5.75 Å². The fourth-order valence-electron chi connectivity index (χ4n) is 2.87. The first-order chi connectivity index (χ1) is 11.5. The van der Waals surface area contributed by atoms with Gasteiger partial charge in [-0.2, -0.15) is 0 Å². The summed E-state index contributed by atoms with van der Waals surface area (Å²) in [5.41, 5.74) is 7.72. The first-order valence-corrected chi connectivity index (χ1v) is 7.94. The molecule has 6 nitrogen and oxygen atoms in total. The first kappa shape index (κ1) is 16.1. The molecule has 0 saturated heterocycles. The lowest BCUT2D eigenvalue weighted by atomic mass is 10.1. The van der Waals surface area contributed by atoms with Crippen molar-refractivity contribution in [3.05, 3.63) is 52.5 Å². The van der Waals surface area contributed by atoms with E-state index in [1.54, 1.807) is 19.9 Å². The van der Waals surface area contributed by atoms with Crippen LogP contribution in [0.15, 0.2) is 28.7 Å². The van der Waals surface area contributed by atoms with E-state index in [2.05, 4.69) is 10.9 Å². The number of hydrogen-bond donors (Lipinski definition) is 2. The van der Waals surface area contributed by atoms with Gasteiger partial charge in [-0.3, -0.25) is 20.4 Å². The summed E-state index contributed by atoms with van der Waals surface area (Å²) in [6, 6.07) is 7.51. The molecular formula is C18H20N2O4. The van der Waals surface area contributed by atoms with Crippen LogP contribution in [0.1, 0.15) is 39.4 Å². The Kier molecular flexibility index (Phi) is 4.55. The van der Waals surface area contributed by atoms with Gasteiger partial charge in [-0.1, -0.05) is 6.07 Å². The molecule has 1 aromatic carbocycles. The topological polar surface area (TPSA) is 80.6 Å². The minimum atomic E-state index is -0.429. The van der Waals surface area contributed by atoms with Crippen molar-refractivity contribution in [3.63, 3.8) is 0 Å². The molecule has 2 amide bonds. The number of ether oxygens (including phenoxy) is 1. The van der Waals surface area contributed by atoms with Crippen molar-refractivity contribution in [2.75, 3.05) is 6.61 Å². The number of aryl methyl sites for hydroxylation is 4. The van der Waals surface area contributed by atoms with Crippen molar-refractivity contribution < 1.29 is 18.7 Å². The number of carbonyl (C=O) groups is 2. The Morgan fingerprint density at radius 3 is 2.67 bits per heavy atom. The molecule has 126 valence electrons. The molecule has 24 heavy (non-hydrogen) atoms. The maximum Gasteiger partial charge on any atom is 0.276 e. The molecule has 3 rings (SSSR count). The van der Waals surface area contributed by atoms with Gasteiger partial charge in [0.25, 0.3) is 11.8 Å². The van der Waals surface area contributed by atoms with Crippen LogP contribution in [0.2, 0.25) is 0 Å². The average Bonchev–Trinajstić information content (AvgIpc) is 3.15. The SMILES string of the molecule is Cc1cc(C(=O)NNC(=O)COc2ccc3c(c2)CCC3)c(C)o1. The summed E-state index contributed by atoms with van der Waals surface area (Å²) in [6.45, 7) is 3.29. The van der Waals surface area contributed by atoms with Crippen LogP contribution in [0.4, 0.5) is 0 Å².